The molecule has 24 heavy (non-hydrogen) atoms. The number of ether oxygens (including phenoxy) is 2. The first-order valence-electron chi connectivity index (χ1n) is 8.48. The average Bonchev–Trinajstić information content (AvgIpc) is 2.45. The molecule has 2 amide bonds. The first-order valence-corrected chi connectivity index (χ1v) is 8.48. The zero-order valence-electron chi connectivity index (χ0n) is 16.1. The molecule has 0 saturated heterocycles. The molecule has 0 fully saturated rings. The van der Waals surface area contributed by atoms with Gasteiger partial charge < -0.3 is 25.4 Å². The van der Waals surface area contributed by atoms with Crippen molar-refractivity contribution in [2.24, 2.45) is 5.41 Å². The molecule has 0 radical (unpaired) electrons. The molecular formula is C17H35N3O4. The SMILES string of the molecule is CC(C)(C)NCC(=O)NCCOCCOCCNC(=O)C(C)(C)C. The minimum atomic E-state index is -0.379. The molecule has 0 aliphatic heterocycles. The minimum absolute atomic E-state index is 0.0130. The predicted octanol–water partition coefficient (Wildman–Crippen LogP) is 0.686. The van der Waals surface area contributed by atoms with Gasteiger partial charge in [-0.3, -0.25) is 9.59 Å². The molecule has 3 N–H and O–H groups in total. The topological polar surface area (TPSA) is 88.7 Å². The summed E-state index contributed by atoms with van der Waals surface area (Å²) in [7, 11) is 0. The zero-order valence-corrected chi connectivity index (χ0v) is 16.1. The molecule has 0 aromatic carbocycles. The highest BCUT2D eigenvalue weighted by molar-refractivity contribution is 5.81. The van der Waals surface area contributed by atoms with Crippen molar-refractivity contribution >= 4 is 11.8 Å². The second-order valence-corrected chi connectivity index (χ2v) is 7.68. The quantitative estimate of drug-likeness (QED) is 0.480. The van der Waals surface area contributed by atoms with Crippen LogP contribution in [0.15, 0.2) is 0 Å². The number of amides is 2. The number of hydrogen-bond donors (Lipinski definition) is 3. The van der Waals surface area contributed by atoms with Gasteiger partial charge in [0.15, 0.2) is 0 Å². The fourth-order valence-corrected chi connectivity index (χ4v) is 1.49. The lowest BCUT2D eigenvalue weighted by molar-refractivity contribution is -0.128. The van der Waals surface area contributed by atoms with Crippen molar-refractivity contribution in [3.05, 3.63) is 0 Å². The van der Waals surface area contributed by atoms with Crippen molar-refractivity contribution in [3.8, 4) is 0 Å². The summed E-state index contributed by atoms with van der Waals surface area (Å²) in [5.74, 6) is -0.0293. The second kappa shape index (κ2) is 11.4. The summed E-state index contributed by atoms with van der Waals surface area (Å²) in [6.07, 6.45) is 0. The smallest absolute Gasteiger partial charge is 0.234 e. The third kappa shape index (κ3) is 14.4. The molecule has 0 atom stereocenters. The van der Waals surface area contributed by atoms with E-state index in [2.05, 4.69) is 16.0 Å². The number of rotatable bonds is 11. The first-order chi connectivity index (χ1) is 11.0. The van der Waals surface area contributed by atoms with Crippen LogP contribution < -0.4 is 16.0 Å². The summed E-state index contributed by atoms with van der Waals surface area (Å²) in [6.45, 7) is 14.7. The van der Waals surface area contributed by atoms with Crippen LogP contribution >= 0.6 is 0 Å². The fourth-order valence-electron chi connectivity index (χ4n) is 1.49. The van der Waals surface area contributed by atoms with Gasteiger partial charge in [0, 0.05) is 24.0 Å². The number of carbonyl (C=O) groups is 2. The lowest BCUT2D eigenvalue weighted by Gasteiger charge is -2.20. The van der Waals surface area contributed by atoms with E-state index in [1.54, 1.807) is 0 Å². The molecule has 0 rings (SSSR count). The predicted molar refractivity (Wildman–Crippen MR) is 94.9 cm³/mol. The highest BCUT2D eigenvalue weighted by Crippen LogP contribution is 2.11. The van der Waals surface area contributed by atoms with Crippen molar-refractivity contribution in [2.45, 2.75) is 47.1 Å². The minimum Gasteiger partial charge on any atom is -0.377 e. The Morgan fingerprint density at radius 2 is 1.29 bits per heavy atom. The van der Waals surface area contributed by atoms with E-state index < -0.39 is 0 Å². The van der Waals surface area contributed by atoms with Gasteiger partial charge in [0.05, 0.1) is 33.0 Å². The van der Waals surface area contributed by atoms with Crippen LogP contribution in [0, 0.1) is 5.41 Å². The molecule has 0 spiro atoms. The maximum atomic E-state index is 11.6. The van der Waals surface area contributed by atoms with Crippen LogP contribution in [0.1, 0.15) is 41.5 Å². The van der Waals surface area contributed by atoms with Crippen molar-refractivity contribution in [2.75, 3.05) is 46.1 Å². The molecule has 0 aliphatic carbocycles. The molecule has 0 bridgehead atoms. The Labute approximate surface area is 146 Å². The molecule has 0 aliphatic rings. The third-order valence-electron chi connectivity index (χ3n) is 2.93. The van der Waals surface area contributed by atoms with Gasteiger partial charge in [-0.15, -0.1) is 0 Å². The van der Waals surface area contributed by atoms with Crippen LogP contribution in [0.3, 0.4) is 0 Å². The Hall–Kier alpha value is -1.18. The van der Waals surface area contributed by atoms with Crippen molar-refractivity contribution < 1.29 is 19.1 Å². The largest absolute Gasteiger partial charge is 0.377 e. The average molecular weight is 345 g/mol. The summed E-state index contributed by atoms with van der Waals surface area (Å²) >= 11 is 0. The molecule has 0 heterocycles. The standard InChI is InChI=1S/C17H35N3O4/c1-16(2,3)15(22)19-8-10-24-12-11-23-9-7-18-14(21)13-20-17(4,5)6/h20H,7-13H2,1-6H3,(H,18,21)(H,19,22). The lowest BCUT2D eigenvalue weighted by atomic mass is 9.96. The van der Waals surface area contributed by atoms with E-state index in [-0.39, 0.29) is 22.8 Å². The summed E-state index contributed by atoms with van der Waals surface area (Å²) in [4.78, 5) is 23.1. The number of carbonyl (C=O) groups excluding carboxylic acids is 2. The molecule has 0 unspecified atom stereocenters. The molecule has 7 heteroatoms. The van der Waals surface area contributed by atoms with Gasteiger partial charge in [0.2, 0.25) is 11.8 Å². The van der Waals surface area contributed by atoms with Gasteiger partial charge in [0.1, 0.15) is 0 Å². The highest BCUT2D eigenvalue weighted by atomic mass is 16.5. The summed E-state index contributed by atoms with van der Waals surface area (Å²) < 4.78 is 10.7. The molecule has 0 aromatic rings. The van der Waals surface area contributed by atoms with Gasteiger partial charge in [-0.05, 0) is 20.8 Å². The molecule has 7 nitrogen and oxygen atoms in total. The first kappa shape index (κ1) is 22.8. The van der Waals surface area contributed by atoms with Crippen LogP contribution in [0.5, 0.6) is 0 Å². The maximum Gasteiger partial charge on any atom is 0.234 e. The van der Waals surface area contributed by atoms with E-state index in [1.807, 2.05) is 41.5 Å². The van der Waals surface area contributed by atoms with Crippen molar-refractivity contribution in [1.82, 2.24) is 16.0 Å². The maximum absolute atomic E-state index is 11.6. The van der Waals surface area contributed by atoms with Gasteiger partial charge in [-0.1, -0.05) is 20.8 Å². The second-order valence-electron chi connectivity index (χ2n) is 7.68. The third-order valence-corrected chi connectivity index (χ3v) is 2.93. The fraction of sp³-hybridized carbons (Fsp3) is 0.882. The van der Waals surface area contributed by atoms with E-state index in [1.165, 1.54) is 0 Å². The Morgan fingerprint density at radius 1 is 0.792 bits per heavy atom. The van der Waals surface area contributed by atoms with Crippen LogP contribution in [-0.2, 0) is 19.1 Å². The van der Waals surface area contributed by atoms with Gasteiger partial charge in [-0.25, -0.2) is 0 Å². The molecule has 0 aromatic heterocycles. The van der Waals surface area contributed by atoms with E-state index in [0.29, 0.717) is 46.1 Å². The van der Waals surface area contributed by atoms with Gasteiger partial charge in [-0.2, -0.15) is 0 Å². The van der Waals surface area contributed by atoms with Gasteiger partial charge >= 0.3 is 0 Å². The molecule has 142 valence electrons. The Balaban J connectivity index is 3.37. The van der Waals surface area contributed by atoms with Crippen LogP contribution in [0.4, 0.5) is 0 Å². The van der Waals surface area contributed by atoms with Gasteiger partial charge in [0.25, 0.3) is 0 Å². The number of nitrogens with one attached hydrogen (secondary N) is 3. The Bertz CT molecular complexity index is 373. The normalized spacial score (nSPS) is 12.1. The van der Waals surface area contributed by atoms with Crippen molar-refractivity contribution in [1.29, 1.82) is 0 Å². The van der Waals surface area contributed by atoms with E-state index >= 15 is 0 Å². The lowest BCUT2D eigenvalue weighted by Crippen LogP contribution is -2.43. The summed E-state index contributed by atoms with van der Waals surface area (Å²) in [5.41, 5.74) is -0.451. The molecule has 0 saturated carbocycles. The van der Waals surface area contributed by atoms with E-state index in [9.17, 15) is 9.59 Å². The Kier molecular flexibility index (Phi) is 10.8. The van der Waals surface area contributed by atoms with Crippen LogP contribution in [0.2, 0.25) is 0 Å². The Morgan fingerprint density at radius 3 is 1.75 bits per heavy atom. The number of hydrogen-bond acceptors (Lipinski definition) is 5. The summed E-state index contributed by atoms with van der Waals surface area (Å²) in [5, 5.41) is 8.71. The monoisotopic (exact) mass is 345 g/mol. The van der Waals surface area contributed by atoms with E-state index in [0.717, 1.165) is 0 Å². The highest BCUT2D eigenvalue weighted by Gasteiger charge is 2.20. The van der Waals surface area contributed by atoms with Crippen LogP contribution in [0.25, 0.3) is 0 Å². The zero-order chi connectivity index (χ0) is 18.6. The van der Waals surface area contributed by atoms with E-state index in [4.69, 9.17) is 9.47 Å². The summed E-state index contributed by atoms with van der Waals surface area (Å²) in [6, 6.07) is 0. The van der Waals surface area contributed by atoms with Crippen LogP contribution in [-0.4, -0.2) is 63.4 Å². The molecular weight excluding hydrogens is 310 g/mol. The van der Waals surface area contributed by atoms with Crippen molar-refractivity contribution in [3.63, 3.8) is 0 Å².